The Kier molecular flexibility index (Phi) is 5.59. The lowest BCUT2D eigenvalue weighted by Gasteiger charge is -2.23. The van der Waals surface area contributed by atoms with Crippen LogP contribution in [0.25, 0.3) is 0 Å². The lowest BCUT2D eigenvalue weighted by molar-refractivity contribution is -0.141. The molecule has 0 aromatic rings. The van der Waals surface area contributed by atoms with Crippen LogP contribution < -0.4 is 5.32 Å². The number of rotatable bonds is 3. The average molecular weight is 257 g/mol. The van der Waals surface area contributed by atoms with Crippen molar-refractivity contribution < 1.29 is 19.1 Å². The van der Waals surface area contributed by atoms with Gasteiger partial charge in [-0.05, 0) is 46.6 Å². The molecule has 1 rings (SSSR count). The smallest absolute Gasteiger partial charge is 0.428 e. The van der Waals surface area contributed by atoms with Crippen LogP contribution >= 0.6 is 0 Å². The summed E-state index contributed by atoms with van der Waals surface area (Å²) in [7, 11) is 0. The molecule has 1 N–H and O–H groups in total. The highest BCUT2D eigenvalue weighted by molar-refractivity contribution is 5.81. The molecule has 0 bridgehead atoms. The third-order valence-electron chi connectivity index (χ3n) is 2.70. The molecule has 0 radical (unpaired) electrons. The van der Waals surface area contributed by atoms with Crippen LogP contribution in [0.3, 0.4) is 0 Å². The molecule has 0 aromatic carbocycles. The van der Waals surface area contributed by atoms with Crippen molar-refractivity contribution in [1.29, 1.82) is 0 Å². The lowest BCUT2D eigenvalue weighted by Crippen LogP contribution is -2.34. The number of ether oxygens (including phenoxy) is 2. The number of piperidine rings is 1. The van der Waals surface area contributed by atoms with E-state index in [0.29, 0.717) is 12.5 Å². The fourth-order valence-corrected chi connectivity index (χ4v) is 1.88. The standard InChI is InChI=1S/C13H23NO4/c1-13(2,3)18-12(16)17-11(15)8-7-10-6-4-5-9-14-10/h10,14H,4-9H2,1-3H3/t10-/m0/s1. The van der Waals surface area contributed by atoms with E-state index in [9.17, 15) is 9.59 Å². The number of carbonyl (C=O) groups excluding carboxylic acids is 2. The first-order chi connectivity index (χ1) is 8.37. The normalized spacial score (nSPS) is 20.3. The van der Waals surface area contributed by atoms with E-state index in [-0.39, 0.29) is 6.42 Å². The molecule has 0 amide bonds. The number of carbonyl (C=O) groups is 2. The van der Waals surface area contributed by atoms with Gasteiger partial charge in [-0.15, -0.1) is 0 Å². The summed E-state index contributed by atoms with van der Waals surface area (Å²) in [6, 6.07) is 0.366. The molecule has 1 aliphatic rings. The van der Waals surface area contributed by atoms with Gasteiger partial charge >= 0.3 is 12.1 Å². The largest absolute Gasteiger partial charge is 0.516 e. The van der Waals surface area contributed by atoms with E-state index in [1.165, 1.54) is 12.8 Å². The van der Waals surface area contributed by atoms with Crippen LogP contribution in [0.2, 0.25) is 0 Å². The van der Waals surface area contributed by atoms with Crippen molar-refractivity contribution in [3.8, 4) is 0 Å². The second kappa shape index (κ2) is 6.73. The van der Waals surface area contributed by atoms with Gasteiger partial charge in [0.1, 0.15) is 5.60 Å². The molecule has 0 saturated carbocycles. The number of nitrogens with one attached hydrogen (secondary N) is 1. The third kappa shape index (κ3) is 6.59. The van der Waals surface area contributed by atoms with Gasteiger partial charge in [0.15, 0.2) is 0 Å². The Labute approximate surface area is 108 Å². The molecule has 1 atom stereocenters. The lowest BCUT2D eigenvalue weighted by atomic mass is 10.0. The van der Waals surface area contributed by atoms with Crippen molar-refractivity contribution in [2.24, 2.45) is 0 Å². The van der Waals surface area contributed by atoms with Crippen molar-refractivity contribution in [1.82, 2.24) is 5.32 Å². The van der Waals surface area contributed by atoms with E-state index < -0.39 is 17.7 Å². The summed E-state index contributed by atoms with van der Waals surface area (Å²) < 4.78 is 9.49. The van der Waals surface area contributed by atoms with E-state index in [1.807, 2.05) is 0 Å². The van der Waals surface area contributed by atoms with E-state index in [0.717, 1.165) is 13.0 Å². The fraction of sp³-hybridized carbons (Fsp3) is 0.846. The van der Waals surface area contributed by atoms with Crippen LogP contribution in [0.1, 0.15) is 52.9 Å². The van der Waals surface area contributed by atoms with Gasteiger partial charge in [0.05, 0.1) is 0 Å². The molecule has 104 valence electrons. The Morgan fingerprint density at radius 1 is 1.28 bits per heavy atom. The van der Waals surface area contributed by atoms with E-state index in [2.05, 4.69) is 10.1 Å². The SMILES string of the molecule is CC(C)(C)OC(=O)OC(=O)CC[C@@H]1CCCCN1. The summed E-state index contributed by atoms with van der Waals surface area (Å²) in [6.45, 7) is 6.19. The number of hydrogen-bond acceptors (Lipinski definition) is 5. The van der Waals surface area contributed by atoms with Gasteiger partial charge < -0.3 is 14.8 Å². The number of hydrogen-bond donors (Lipinski definition) is 1. The van der Waals surface area contributed by atoms with Crippen LogP contribution in [-0.2, 0) is 14.3 Å². The van der Waals surface area contributed by atoms with Crippen LogP contribution in [0, 0.1) is 0 Å². The predicted octanol–water partition coefficient (Wildman–Crippen LogP) is 2.39. The molecule has 1 fully saturated rings. The molecule has 0 aliphatic carbocycles. The van der Waals surface area contributed by atoms with Gasteiger partial charge in [0.2, 0.25) is 0 Å². The molecule has 18 heavy (non-hydrogen) atoms. The van der Waals surface area contributed by atoms with Crippen molar-refractivity contribution in [2.45, 2.75) is 64.5 Å². The molecule has 1 saturated heterocycles. The van der Waals surface area contributed by atoms with Gasteiger partial charge in [0, 0.05) is 12.5 Å². The van der Waals surface area contributed by atoms with E-state index in [4.69, 9.17) is 4.74 Å². The fourth-order valence-electron chi connectivity index (χ4n) is 1.88. The van der Waals surface area contributed by atoms with Crippen LogP contribution in [0.4, 0.5) is 4.79 Å². The first kappa shape index (κ1) is 15.0. The van der Waals surface area contributed by atoms with Crippen molar-refractivity contribution >= 4 is 12.1 Å². The van der Waals surface area contributed by atoms with Crippen LogP contribution in [0.15, 0.2) is 0 Å². The molecule has 1 aliphatic heterocycles. The minimum atomic E-state index is -0.913. The molecule has 0 spiro atoms. The van der Waals surface area contributed by atoms with Gasteiger partial charge in [-0.3, -0.25) is 4.79 Å². The Morgan fingerprint density at radius 3 is 2.56 bits per heavy atom. The summed E-state index contributed by atoms with van der Waals surface area (Å²) in [6.07, 6.45) is 3.51. The maximum Gasteiger partial charge on any atom is 0.516 e. The molecular formula is C13H23NO4. The first-order valence-electron chi connectivity index (χ1n) is 6.54. The van der Waals surface area contributed by atoms with Crippen molar-refractivity contribution in [3.05, 3.63) is 0 Å². The van der Waals surface area contributed by atoms with Gasteiger partial charge in [-0.2, -0.15) is 0 Å². The minimum Gasteiger partial charge on any atom is -0.428 e. The molecule has 1 heterocycles. The third-order valence-corrected chi connectivity index (χ3v) is 2.70. The maximum absolute atomic E-state index is 11.4. The molecule has 0 unspecified atom stereocenters. The number of esters is 1. The predicted molar refractivity (Wildman–Crippen MR) is 67.2 cm³/mol. The van der Waals surface area contributed by atoms with Crippen LogP contribution in [0.5, 0.6) is 0 Å². The summed E-state index contributed by atoms with van der Waals surface area (Å²) in [5.74, 6) is -0.517. The van der Waals surface area contributed by atoms with E-state index in [1.54, 1.807) is 20.8 Å². The maximum atomic E-state index is 11.4. The quantitative estimate of drug-likeness (QED) is 0.621. The average Bonchev–Trinajstić information content (AvgIpc) is 2.25. The highest BCUT2D eigenvalue weighted by Gasteiger charge is 2.21. The zero-order chi connectivity index (χ0) is 13.6. The Balaban J connectivity index is 2.18. The van der Waals surface area contributed by atoms with Gasteiger partial charge in [0.25, 0.3) is 0 Å². The van der Waals surface area contributed by atoms with E-state index >= 15 is 0 Å². The zero-order valence-corrected chi connectivity index (χ0v) is 11.5. The second-order valence-corrected chi connectivity index (χ2v) is 5.62. The summed E-state index contributed by atoms with van der Waals surface area (Å²) in [5, 5.41) is 3.34. The summed E-state index contributed by atoms with van der Waals surface area (Å²) in [4.78, 5) is 22.7. The van der Waals surface area contributed by atoms with Gasteiger partial charge in [-0.1, -0.05) is 6.42 Å². The summed E-state index contributed by atoms with van der Waals surface area (Å²) >= 11 is 0. The molecule has 5 heteroatoms. The minimum absolute atomic E-state index is 0.247. The summed E-state index contributed by atoms with van der Waals surface area (Å²) in [5.41, 5.74) is -0.637. The zero-order valence-electron chi connectivity index (χ0n) is 11.5. The highest BCUT2D eigenvalue weighted by Crippen LogP contribution is 2.13. The van der Waals surface area contributed by atoms with Crippen molar-refractivity contribution in [2.75, 3.05) is 6.54 Å². The van der Waals surface area contributed by atoms with Crippen molar-refractivity contribution in [3.63, 3.8) is 0 Å². The topological polar surface area (TPSA) is 64.6 Å². The second-order valence-electron chi connectivity index (χ2n) is 5.62. The highest BCUT2D eigenvalue weighted by atomic mass is 16.7. The molecule has 0 aromatic heterocycles. The Bertz CT molecular complexity index is 290. The molecule has 5 nitrogen and oxygen atoms in total. The first-order valence-corrected chi connectivity index (χ1v) is 6.54. The molecular weight excluding hydrogens is 234 g/mol. The Morgan fingerprint density at radius 2 is 2.00 bits per heavy atom. The Hall–Kier alpha value is -1.10. The van der Waals surface area contributed by atoms with Gasteiger partial charge in [-0.25, -0.2) is 4.79 Å². The van der Waals surface area contributed by atoms with Crippen LogP contribution in [-0.4, -0.2) is 30.3 Å². The monoisotopic (exact) mass is 257 g/mol.